The van der Waals surface area contributed by atoms with Crippen molar-refractivity contribution in [3.8, 4) is 0 Å². The minimum absolute atomic E-state index is 0.123. The zero-order valence-corrected chi connectivity index (χ0v) is 10.6. The molecule has 0 bridgehead atoms. The van der Waals surface area contributed by atoms with Crippen molar-refractivity contribution in [2.45, 2.75) is 39.4 Å². The minimum Gasteiger partial charge on any atom is -0.401 e. The van der Waals surface area contributed by atoms with Crippen LogP contribution in [-0.4, -0.2) is 28.6 Å². The van der Waals surface area contributed by atoms with E-state index in [0.717, 1.165) is 5.46 Å². The van der Waals surface area contributed by atoms with Crippen LogP contribution in [0.15, 0.2) is 12.4 Å². The molecule has 16 heavy (non-hydrogen) atoms. The first-order valence-electron chi connectivity index (χ1n) is 5.72. The lowest BCUT2D eigenvalue weighted by molar-refractivity contribution is 0.0438. The van der Waals surface area contributed by atoms with Crippen molar-refractivity contribution in [2.24, 2.45) is 13.0 Å². The van der Waals surface area contributed by atoms with Gasteiger partial charge in [0.1, 0.15) is 0 Å². The summed E-state index contributed by atoms with van der Waals surface area (Å²) in [6.07, 6.45) is 3.85. The fourth-order valence-electron chi connectivity index (χ4n) is 2.34. The number of rotatable bonds is 2. The summed E-state index contributed by atoms with van der Waals surface area (Å²) in [4.78, 5) is 0. The molecule has 1 aliphatic rings. The molecule has 1 aromatic rings. The highest BCUT2D eigenvalue weighted by atomic mass is 16.7. The normalized spacial score (nSPS) is 24.4. The molecule has 5 heteroatoms. The third kappa shape index (κ3) is 2.02. The highest BCUT2D eigenvalue weighted by molar-refractivity contribution is 6.61. The number of hydrogen-bond acceptors (Lipinski definition) is 3. The van der Waals surface area contributed by atoms with Crippen molar-refractivity contribution in [1.29, 1.82) is 0 Å². The van der Waals surface area contributed by atoms with Crippen molar-refractivity contribution >= 4 is 12.6 Å². The molecule has 0 aliphatic carbocycles. The number of hydrogen-bond donors (Lipinski definition) is 0. The maximum atomic E-state index is 5.96. The number of nitrogens with zero attached hydrogens (tertiary/aromatic N) is 2. The van der Waals surface area contributed by atoms with Gasteiger partial charge in [0.25, 0.3) is 0 Å². The van der Waals surface area contributed by atoms with Crippen molar-refractivity contribution in [3.05, 3.63) is 12.4 Å². The quantitative estimate of drug-likeness (QED) is 0.699. The molecular formula is C11H19BN2O2. The molecule has 1 fully saturated rings. The van der Waals surface area contributed by atoms with Crippen molar-refractivity contribution in [3.63, 3.8) is 0 Å². The summed E-state index contributed by atoms with van der Waals surface area (Å²) in [6, 6.07) is 0. The van der Waals surface area contributed by atoms with E-state index in [0.29, 0.717) is 5.92 Å². The first-order valence-corrected chi connectivity index (χ1v) is 5.72. The van der Waals surface area contributed by atoms with Crippen LogP contribution in [0.25, 0.3) is 0 Å². The van der Waals surface area contributed by atoms with E-state index < -0.39 is 0 Å². The van der Waals surface area contributed by atoms with Gasteiger partial charge in [-0.25, -0.2) is 0 Å². The second-order valence-corrected chi connectivity index (χ2v) is 5.30. The Kier molecular flexibility index (Phi) is 2.84. The predicted octanol–water partition coefficient (Wildman–Crippen LogP) is 0.965. The van der Waals surface area contributed by atoms with Crippen LogP contribution in [0.2, 0.25) is 0 Å². The summed E-state index contributed by atoms with van der Waals surface area (Å²) >= 11 is 0. The Hall–Kier alpha value is -0.805. The SMILES string of the molecule is CC(C)C1OB(c2cnn(C)c2)OC1(C)C. The van der Waals surface area contributed by atoms with E-state index in [1.54, 1.807) is 10.9 Å². The molecular weight excluding hydrogens is 203 g/mol. The first kappa shape index (κ1) is 11.7. The lowest BCUT2D eigenvalue weighted by Crippen LogP contribution is -2.36. The third-order valence-corrected chi connectivity index (χ3v) is 2.97. The van der Waals surface area contributed by atoms with Crippen LogP contribution in [0, 0.1) is 5.92 Å². The number of aryl methyl sites for hydroxylation is 1. The Labute approximate surface area is 97.1 Å². The Balaban J connectivity index is 2.17. The summed E-state index contributed by atoms with van der Waals surface area (Å²) < 4.78 is 13.7. The highest BCUT2D eigenvalue weighted by Crippen LogP contribution is 2.31. The van der Waals surface area contributed by atoms with E-state index >= 15 is 0 Å². The summed E-state index contributed by atoms with van der Waals surface area (Å²) in [6.45, 7) is 8.46. The van der Waals surface area contributed by atoms with Crippen molar-refractivity contribution in [1.82, 2.24) is 9.78 Å². The Morgan fingerprint density at radius 1 is 1.50 bits per heavy atom. The second kappa shape index (κ2) is 3.89. The molecule has 88 valence electrons. The maximum absolute atomic E-state index is 5.96. The minimum atomic E-state index is -0.281. The van der Waals surface area contributed by atoms with Gasteiger partial charge in [0.2, 0.25) is 0 Å². The van der Waals surface area contributed by atoms with Gasteiger partial charge in [0.05, 0.1) is 11.7 Å². The monoisotopic (exact) mass is 222 g/mol. The van der Waals surface area contributed by atoms with Crippen molar-refractivity contribution < 1.29 is 9.31 Å². The summed E-state index contributed by atoms with van der Waals surface area (Å²) in [5.41, 5.74) is 0.744. The molecule has 2 heterocycles. The molecule has 0 aromatic carbocycles. The van der Waals surface area contributed by atoms with Crippen LogP contribution in [0.5, 0.6) is 0 Å². The molecule has 4 nitrogen and oxygen atoms in total. The average molecular weight is 222 g/mol. The van der Waals surface area contributed by atoms with Gasteiger partial charge in [-0.15, -0.1) is 0 Å². The molecule has 1 unspecified atom stereocenters. The van der Waals surface area contributed by atoms with E-state index in [2.05, 4.69) is 32.8 Å². The number of aromatic nitrogens is 2. The first-order chi connectivity index (χ1) is 7.40. The molecule has 1 aromatic heterocycles. The van der Waals surface area contributed by atoms with Gasteiger partial charge >= 0.3 is 7.12 Å². The highest BCUT2D eigenvalue weighted by Gasteiger charge is 2.47. The fourth-order valence-corrected chi connectivity index (χ4v) is 2.34. The van der Waals surface area contributed by atoms with Crippen LogP contribution in [0.1, 0.15) is 27.7 Å². The lowest BCUT2D eigenvalue weighted by atomic mass is 9.82. The van der Waals surface area contributed by atoms with Gasteiger partial charge in [-0.1, -0.05) is 13.8 Å². The van der Waals surface area contributed by atoms with Crippen molar-refractivity contribution in [2.75, 3.05) is 0 Å². The molecule has 1 atom stereocenters. The zero-order chi connectivity index (χ0) is 11.9. The Morgan fingerprint density at radius 2 is 2.19 bits per heavy atom. The second-order valence-electron chi connectivity index (χ2n) is 5.30. The van der Waals surface area contributed by atoms with Gasteiger partial charge in [-0.3, -0.25) is 4.68 Å². The Morgan fingerprint density at radius 3 is 2.62 bits per heavy atom. The lowest BCUT2D eigenvalue weighted by Gasteiger charge is -2.28. The fraction of sp³-hybridized carbons (Fsp3) is 0.727. The average Bonchev–Trinajstić information content (AvgIpc) is 2.69. The topological polar surface area (TPSA) is 36.3 Å². The van der Waals surface area contributed by atoms with E-state index in [1.165, 1.54) is 0 Å². The molecule has 0 saturated carbocycles. The predicted molar refractivity (Wildman–Crippen MR) is 63.5 cm³/mol. The van der Waals surface area contributed by atoms with Gasteiger partial charge in [0.15, 0.2) is 0 Å². The summed E-state index contributed by atoms with van der Waals surface area (Å²) in [5, 5.41) is 4.14. The summed E-state index contributed by atoms with van der Waals surface area (Å²) in [5.74, 6) is 0.441. The molecule has 0 amide bonds. The molecule has 0 spiro atoms. The third-order valence-electron chi connectivity index (χ3n) is 2.97. The standard InChI is InChI=1S/C11H19BN2O2/c1-8(2)10-11(3,4)16-12(15-10)9-6-13-14(5)7-9/h6-8,10H,1-5H3. The van der Waals surface area contributed by atoms with Gasteiger partial charge in [0, 0.05) is 24.9 Å². The van der Waals surface area contributed by atoms with Crippen LogP contribution >= 0.6 is 0 Å². The van der Waals surface area contributed by atoms with E-state index in [9.17, 15) is 0 Å². The van der Waals surface area contributed by atoms with E-state index in [-0.39, 0.29) is 18.8 Å². The smallest absolute Gasteiger partial charge is 0.401 e. The molecule has 0 N–H and O–H groups in total. The molecule has 0 radical (unpaired) electrons. The zero-order valence-electron chi connectivity index (χ0n) is 10.6. The van der Waals surface area contributed by atoms with E-state index in [4.69, 9.17) is 9.31 Å². The Bertz CT molecular complexity index is 376. The van der Waals surface area contributed by atoms with Gasteiger partial charge in [-0.2, -0.15) is 5.10 Å². The molecule has 1 saturated heterocycles. The van der Waals surface area contributed by atoms with Crippen LogP contribution < -0.4 is 5.46 Å². The van der Waals surface area contributed by atoms with Crippen LogP contribution in [0.4, 0.5) is 0 Å². The summed E-state index contributed by atoms with van der Waals surface area (Å²) in [7, 11) is 1.61. The molecule has 1 aliphatic heterocycles. The maximum Gasteiger partial charge on any atom is 0.497 e. The van der Waals surface area contributed by atoms with E-state index in [1.807, 2.05) is 13.2 Å². The van der Waals surface area contributed by atoms with Crippen LogP contribution in [-0.2, 0) is 16.4 Å². The van der Waals surface area contributed by atoms with Gasteiger partial charge in [-0.05, 0) is 19.8 Å². The molecule has 2 rings (SSSR count). The largest absolute Gasteiger partial charge is 0.497 e. The van der Waals surface area contributed by atoms with Gasteiger partial charge < -0.3 is 9.31 Å². The van der Waals surface area contributed by atoms with Crippen LogP contribution in [0.3, 0.4) is 0 Å².